The Hall–Kier alpha value is -2.29. The van der Waals surface area contributed by atoms with E-state index in [1.54, 1.807) is 48.5 Å². The van der Waals surface area contributed by atoms with Crippen LogP contribution in [-0.2, 0) is 20.6 Å². The van der Waals surface area contributed by atoms with Crippen molar-refractivity contribution >= 4 is 49.3 Å². The third-order valence-corrected chi connectivity index (χ3v) is 8.62. The van der Waals surface area contributed by atoms with Crippen molar-refractivity contribution in [1.82, 2.24) is 5.32 Å². The van der Waals surface area contributed by atoms with E-state index in [-0.39, 0.29) is 17.3 Å². The number of amides is 1. The van der Waals surface area contributed by atoms with Gasteiger partial charge in [-0.2, -0.15) is 11.8 Å². The molecule has 0 unspecified atom stereocenters. The van der Waals surface area contributed by atoms with Gasteiger partial charge in [-0.25, -0.2) is 8.42 Å². The van der Waals surface area contributed by atoms with Crippen molar-refractivity contribution in [2.45, 2.75) is 30.9 Å². The second-order valence-corrected chi connectivity index (χ2v) is 11.9. The van der Waals surface area contributed by atoms with Crippen molar-refractivity contribution in [1.29, 1.82) is 0 Å². The zero-order chi connectivity index (χ0) is 24.6. The van der Waals surface area contributed by atoms with E-state index in [9.17, 15) is 13.2 Å². The molecule has 1 amide bonds. The molecule has 0 aliphatic carbocycles. The predicted molar refractivity (Wildman–Crippen MR) is 145 cm³/mol. The minimum absolute atomic E-state index is 0.154. The second-order valence-electron chi connectivity index (χ2n) is 8.04. The molecule has 5 nitrogen and oxygen atoms in total. The zero-order valence-electron chi connectivity index (χ0n) is 19.3. The highest BCUT2D eigenvalue weighted by Gasteiger charge is 2.27. The van der Waals surface area contributed by atoms with Crippen molar-refractivity contribution in [3.8, 4) is 0 Å². The molecule has 0 aliphatic heterocycles. The molecular formula is C26H29BrN2O3S2. The van der Waals surface area contributed by atoms with Crippen LogP contribution in [0.4, 0.5) is 5.69 Å². The Kier molecular flexibility index (Phi) is 9.62. The third kappa shape index (κ3) is 7.61. The molecule has 0 fully saturated rings. The van der Waals surface area contributed by atoms with Gasteiger partial charge in [-0.15, -0.1) is 0 Å². The van der Waals surface area contributed by atoms with Crippen LogP contribution < -0.4 is 9.62 Å². The van der Waals surface area contributed by atoms with Gasteiger partial charge < -0.3 is 5.32 Å². The monoisotopic (exact) mass is 560 g/mol. The van der Waals surface area contributed by atoms with Crippen molar-refractivity contribution < 1.29 is 13.2 Å². The molecule has 0 heterocycles. The first-order valence-corrected chi connectivity index (χ1v) is 14.4. The smallest absolute Gasteiger partial charge is 0.264 e. The molecule has 0 aliphatic rings. The van der Waals surface area contributed by atoms with Crippen molar-refractivity contribution in [3.63, 3.8) is 0 Å². The summed E-state index contributed by atoms with van der Waals surface area (Å²) in [6.45, 7) is 4.19. The lowest BCUT2D eigenvalue weighted by atomic mass is 10.2. The molecule has 34 heavy (non-hydrogen) atoms. The molecule has 3 aromatic rings. The summed E-state index contributed by atoms with van der Waals surface area (Å²) in [4.78, 5) is 12.8. The van der Waals surface area contributed by atoms with Crippen molar-refractivity contribution in [2.24, 2.45) is 0 Å². The predicted octanol–water partition coefficient (Wildman–Crippen LogP) is 5.70. The van der Waals surface area contributed by atoms with Gasteiger partial charge in [0, 0.05) is 16.8 Å². The number of aryl methyl sites for hydroxylation is 2. The normalized spacial score (nSPS) is 11.3. The van der Waals surface area contributed by atoms with Gasteiger partial charge in [0.1, 0.15) is 6.54 Å². The Bertz CT molecular complexity index is 1180. The minimum atomic E-state index is -3.90. The van der Waals surface area contributed by atoms with E-state index in [0.29, 0.717) is 12.2 Å². The number of hydrogen-bond acceptors (Lipinski definition) is 4. The first kappa shape index (κ1) is 26.3. The minimum Gasteiger partial charge on any atom is -0.354 e. The third-order valence-electron chi connectivity index (χ3n) is 5.19. The lowest BCUT2D eigenvalue weighted by Gasteiger charge is -2.24. The summed E-state index contributed by atoms with van der Waals surface area (Å²) in [6.07, 6.45) is 0.811. The van der Waals surface area contributed by atoms with Gasteiger partial charge in [-0.05, 0) is 68.0 Å². The molecule has 180 valence electrons. The number of nitrogens with one attached hydrogen (secondary N) is 1. The molecule has 8 heteroatoms. The second kappa shape index (κ2) is 12.4. The van der Waals surface area contributed by atoms with E-state index in [2.05, 4.69) is 52.4 Å². The van der Waals surface area contributed by atoms with E-state index >= 15 is 0 Å². The highest BCUT2D eigenvalue weighted by molar-refractivity contribution is 9.10. The summed E-state index contributed by atoms with van der Waals surface area (Å²) in [5.74, 6) is 1.51. The van der Waals surface area contributed by atoms with E-state index in [1.165, 1.54) is 11.1 Å². The Balaban J connectivity index is 1.57. The Labute approximate surface area is 215 Å². The molecule has 3 rings (SSSR count). The molecule has 0 saturated carbocycles. The quantitative estimate of drug-likeness (QED) is 0.305. The topological polar surface area (TPSA) is 66.5 Å². The summed E-state index contributed by atoms with van der Waals surface area (Å²) in [5, 5.41) is 2.87. The van der Waals surface area contributed by atoms with Crippen LogP contribution in [0.2, 0.25) is 0 Å². The van der Waals surface area contributed by atoms with Gasteiger partial charge in [0.15, 0.2) is 0 Å². The number of sulfonamides is 1. The fourth-order valence-electron chi connectivity index (χ4n) is 3.22. The number of thioether (sulfide) groups is 1. The van der Waals surface area contributed by atoms with Gasteiger partial charge in [-0.3, -0.25) is 9.10 Å². The van der Waals surface area contributed by atoms with Crippen LogP contribution in [0.25, 0.3) is 0 Å². The van der Waals surface area contributed by atoms with E-state index < -0.39 is 10.0 Å². The number of hydrogen-bond donors (Lipinski definition) is 1. The Morgan fingerprint density at radius 3 is 2.12 bits per heavy atom. The first-order valence-electron chi connectivity index (χ1n) is 11.0. The SMILES string of the molecule is Cc1ccc(CSCCCNC(=O)CN(c2ccc(Br)cc2)S(=O)(=O)c2ccc(C)cc2)cc1. The van der Waals surface area contributed by atoms with Crippen LogP contribution in [0.3, 0.4) is 0 Å². The molecule has 0 spiro atoms. The number of halogens is 1. The average Bonchev–Trinajstić information content (AvgIpc) is 2.82. The van der Waals surface area contributed by atoms with Crippen molar-refractivity contribution in [2.75, 3.05) is 23.1 Å². The van der Waals surface area contributed by atoms with E-state index in [4.69, 9.17) is 0 Å². The van der Waals surface area contributed by atoms with E-state index in [1.807, 2.05) is 18.7 Å². The molecule has 0 atom stereocenters. The number of benzene rings is 3. The average molecular weight is 562 g/mol. The zero-order valence-corrected chi connectivity index (χ0v) is 22.5. The van der Waals surface area contributed by atoms with Crippen LogP contribution >= 0.6 is 27.7 Å². The molecule has 0 bridgehead atoms. The lowest BCUT2D eigenvalue weighted by molar-refractivity contribution is -0.119. The largest absolute Gasteiger partial charge is 0.354 e. The highest BCUT2D eigenvalue weighted by atomic mass is 79.9. The number of carbonyl (C=O) groups is 1. The van der Waals surface area contributed by atoms with Crippen LogP contribution in [-0.4, -0.2) is 33.2 Å². The van der Waals surface area contributed by atoms with Gasteiger partial charge in [-0.1, -0.05) is 63.5 Å². The van der Waals surface area contributed by atoms with Crippen LogP contribution in [0.5, 0.6) is 0 Å². The van der Waals surface area contributed by atoms with Crippen molar-refractivity contribution in [3.05, 3.63) is 94.0 Å². The maximum absolute atomic E-state index is 13.4. The fourth-order valence-corrected chi connectivity index (χ4v) is 5.83. The summed E-state index contributed by atoms with van der Waals surface area (Å²) in [5.41, 5.74) is 3.93. The van der Waals surface area contributed by atoms with Crippen LogP contribution in [0.15, 0.2) is 82.2 Å². The standard InChI is InChI=1S/C26H29BrN2O3S2/c1-20-4-8-22(9-5-20)19-33-17-3-16-28-26(30)18-29(24-12-10-23(27)11-13-24)34(31,32)25-14-6-21(2)7-15-25/h4-15H,3,16-19H2,1-2H3,(H,28,30). The maximum atomic E-state index is 13.4. The molecule has 3 aromatic carbocycles. The Morgan fingerprint density at radius 1 is 0.912 bits per heavy atom. The summed E-state index contributed by atoms with van der Waals surface area (Å²) < 4.78 is 28.7. The van der Waals surface area contributed by atoms with Gasteiger partial charge in [0.2, 0.25) is 5.91 Å². The maximum Gasteiger partial charge on any atom is 0.264 e. The summed E-state index contributed by atoms with van der Waals surface area (Å²) >= 11 is 5.19. The Morgan fingerprint density at radius 2 is 1.50 bits per heavy atom. The van der Waals surface area contributed by atoms with E-state index in [0.717, 1.165) is 32.3 Å². The number of nitrogens with zero attached hydrogens (tertiary/aromatic N) is 1. The fraction of sp³-hybridized carbons (Fsp3) is 0.269. The van der Waals surface area contributed by atoms with Gasteiger partial charge in [0.25, 0.3) is 10.0 Å². The van der Waals surface area contributed by atoms with Crippen LogP contribution in [0.1, 0.15) is 23.1 Å². The summed E-state index contributed by atoms with van der Waals surface area (Å²) in [7, 11) is -3.90. The molecule has 0 radical (unpaired) electrons. The first-order chi connectivity index (χ1) is 16.3. The number of anilines is 1. The number of rotatable bonds is 11. The van der Waals surface area contributed by atoms with Gasteiger partial charge in [0.05, 0.1) is 10.6 Å². The molecule has 0 saturated heterocycles. The lowest BCUT2D eigenvalue weighted by Crippen LogP contribution is -2.41. The molecular weight excluding hydrogens is 532 g/mol. The van der Waals surface area contributed by atoms with Crippen LogP contribution in [0, 0.1) is 13.8 Å². The summed E-state index contributed by atoms with van der Waals surface area (Å²) in [6, 6.07) is 22.0. The number of carbonyl (C=O) groups excluding carboxylic acids is 1. The van der Waals surface area contributed by atoms with Gasteiger partial charge >= 0.3 is 0 Å². The highest BCUT2D eigenvalue weighted by Crippen LogP contribution is 2.25. The molecule has 1 N–H and O–H groups in total. The molecule has 0 aromatic heterocycles.